The molecular weight excluding hydrogens is 528 g/mol. The number of hydrogen-bond donors (Lipinski definition) is 4. The molecular formula is C29H30N6O6. The van der Waals surface area contributed by atoms with Gasteiger partial charge in [0.25, 0.3) is 11.6 Å². The minimum atomic E-state index is -1.18. The molecule has 12 heteroatoms. The van der Waals surface area contributed by atoms with E-state index in [0.29, 0.717) is 28.4 Å². The lowest BCUT2D eigenvalue weighted by Gasteiger charge is -2.23. The lowest BCUT2D eigenvalue weighted by Crippen LogP contribution is -2.30. The second-order valence-corrected chi connectivity index (χ2v) is 10.5. The summed E-state index contributed by atoms with van der Waals surface area (Å²) in [5.41, 5.74) is 2.15. The number of fused-ring (bicyclic) bond motifs is 1. The van der Waals surface area contributed by atoms with Crippen LogP contribution in [0, 0.1) is 10.1 Å². The molecule has 0 bridgehead atoms. The lowest BCUT2D eigenvalue weighted by atomic mass is 10.0. The molecule has 2 aromatic heterocycles. The SMILES string of the molecule is CC(=O)Nc1ccc(-c2nc3c(C(=O)NC(CC(=O)O)c4cccc([N+](=O)[O-])c4)cccn3c2NC(C)(C)C)cc1. The van der Waals surface area contributed by atoms with Crippen LogP contribution in [0.15, 0.2) is 66.9 Å². The highest BCUT2D eigenvalue weighted by molar-refractivity contribution is 6.01. The highest BCUT2D eigenvalue weighted by Gasteiger charge is 2.25. The number of pyridine rings is 1. The van der Waals surface area contributed by atoms with Gasteiger partial charge in [0, 0.05) is 42.0 Å². The van der Waals surface area contributed by atoms with Gasteiger partial charge in [-0.1, -0.05) is 24.3 Å². The number of nitro benzene ring substituents is 1. The second-order valence-electron chi connectivity index (χ2n) is 10.5. The Morgan fingerprint density at radius 3 is 2.39 bits per heavy atom. The van der Waals surface area contributed by atoms with Crippen molar-refractivity contribution in [3.05, 3.63) is 88.1 Å². The monoisotopic (exact) mass is 558 g/mol. The van der Waals surface area contributed by atoms with E-state index in [1.165, 1.54) is 31.2 Å². The highest BCUT2D eigenvalue weighted by atomic mass is 16.6. The van der Waals surface area contributed by atoms with Crippen molar-refractivity contribution in [2.24, 2.45) is 0 Å². The second kappa shape index (κ2) is 11.5. The predicted octanol–water partition coefficient (Wildman–Crippen LogP) is 5.02. The third kappa shape index (κ3) is 6.85. The predicted molar refractivity (Wildman–Crippen MR) is 154 cm³/mol. The van der Waals surface area contributed by atoms with Crippen molar-refractivity contribution < 1.29 is 24.4 Å². The van der Waals surface area contributed by atoms with E-state index in [0.717, 1.165) is 5.56 Å². The van der Waals surface area contributed by atoms with E-state index in [2.05, 4.69) is 16.0 Å². The van der Waals surface area contributed by atoms with Gasteiger partial charge in [0.1, 0.15) is 11.5 Å². The van der Waals surface area contributed by atoms with Crippen LogP contribution >= 0.6 is 0 Å². The summed E-state index contributed by atoms with van der Waals surface area (Å²) >= 11 is 0. The summed E-state index contributed by atoms with van der Waals surface area (Å²) in [5, 5.41) is 29.7. The number of carbonyl (C=O) groups is 3. The molecule has 0 spiro atoms. The quantitative estimate of drug-likeness (QED) is 0.164. The molecule has 0 saturated carbocycles. The third-order valence-electron chi connectivity index (χ3n) is 6.03. The van der Waals surface area contributed by atoms with Crippen molar-refractivity contribution in [3.8, 4) is 11.3 Å². The minimum Gasteiger partial charge on any atom is -0.481 e. The number of hydrogen-bond acceptors (Lipinski definition) is 7. The number of nitrogens with one attached hydrogen (secondary N) is 3. The number of aromatic nitrogens is 2. The number of anilines is 2. The van der Waals surface area contributed by atoms with Crippen LogP contribution in [0.25, 0.3) is 16.9 Å². The normalized spacial score (nSPS) is 12.0. The van der Waals surface area contributed by atoms with Crippen LogP contribution < -0.4 is 16.0 Å². The molecule has 0 saturated heterocycles. The number of benzene rings is 2. The van der Waals surface area contributed by atoms with Crippen LogP contribution in [0.4, 0.5) is 17.2 Å². The molecule has 41 heavy (non-hydrogen) atoms. The van der Waals surface area contributed by atoms with Crippen LogP contribution in [0.1, 0.15) is 56.1 Å². The first-order chi connectivity index (χ1) is 19.3. The van der Waals surface area contributed by atoms with Gasteiger partial charge in [-0.05, 0) is 50.6 Å². The number of carboxylic acids is 1. The maximum Gasteiger partial charge on any atom is 0.305 e. The first kappa shape index (κ1) is 28.7. The molecule has 2 heterocycles. The number of aliphatic carboxylic acids is 1. The van der Waals surface area contributed by atoms with Crippen molar-refractivity contribution in [1.29, 1.82) is 0 Å². The number of nitro groups is 1. The van der Waals surface area contributed by atoms with Gasteiger partial charge in [-0.2, -0.15) is 0 Å². The number of imidazole rings is 1. The van der Waals surface area contributed by atoms with Crippen molar-refractivity contribution in [3.63, 3.8) is 0 Å². The maximum atomic E-state index is 13.6. The van der Waals surface area contributed by atoms with Crippen molar-refractivity contribution >= 4 is 40.6 Å². The van der Waals surface area contributed by atoms with Crippen molar-refractivity contribution in [1.82, 2.24) is 14.7 Å². The van der Waals surface area contributed by atoms with E-state index in [9.17, 15) is 29.6 Å². The molecule has 0 aliphatic heterocycles. The summed E-state index contributed by atoms with van der Waals surface area (Å²) in [6.07, 6.45) is 1.28. The molecule has 4 aromatic rings. The fourth-order valence-electron chi connectivity index (χ4n) is 4.35. The first-order valence-corrected chi connectivity index (χ1v) is 12.8. The summed E-state index contributed by atoms with van der Waals surface area (Å²) in [5.74, 6) is -1.33. The maximum absolute atomic E-state index is 13.6. The van der Waals surface area contributed by atoms with Crippen molar-refractivity contribution in [2.45, 2.75) is 45.7 Å². The van der Waals surface area contributed by atoms with E-state index >= 15 is 0 Å². The average molecular weight is 559 g/mol. The summed E-state index contributed by atoms with van der Waals surface area (Å²) in [7, 11) is 0. The Bertz CT molecular complexity index is 1640. The average Bonchev–Trinajstić information content (AvgIpc) is 3.25. The molecule has 0 aliphatic rings. The minimum absolute atomic E-state index is 0.186. The molecule has 0 fully saturated rings. The van der Waals surface area contributed by atoms with Crippen LogP contribution in [-0.2, 0) is 9.59 Å². The van der Waals surface area contributed by atoms with Gasteiger partial charge in [0.2, 0.25) is 5.91 Å². The van der Waals surface area contributed by atoms with Gasteiger partial charge in [-0.15, -0.1) is 0 Å². The largest absolute Gasteiger partial charge is 0.481 e. The Labute approximate surface area is 235 Å². The zero-order valence-corrected chi connectivity index (χ0v) is 23.0. The van der Waals surface area contributed by atoms with Gasteiger partial charge in [0.05, 0.1) is 22.9 Å². The Morgan fingerprint density at radius 1 is 1.07 bits per heavy atom. The Morgan fingerprint density at radius 2 is 1.78 bits per heavy atom. The Hall–Kier alpha value is -5.26. The molecule has 1 unspecified atom stereocenters. The van der Waals surface area contributed by atoms with E-state index < -0.39 is 29.3 Å². The molecule has 0 radical (unpaired) electrons. The van der Waals surface area contributed by atoms with Crippen LogP contribution in [0.3, 0.4) is 0 Å². The Balaban J connectivity index is 1.77. The van der Waals surface area contributed by atoms with E-state index in [4.69, 9.17) is 4.98 Å². The standard InChI is InChI=1S/C29H30N6O6/c1-17(36)30-20-12-10-18(11-13-20)25-27(33-29(2,3)4)34-14-6-9-22(26(34)32-25)28(39)31-23(16-24(37)38)19-7-5-8-21(15-19)35(40)41/h5-15,23,33H,16H2,1-4H3,(H,30,36)(H,31,39)(H,37,38). The van der Waals surface area contributed by atoms with E-state index in [-0.39, 0.29) is 22.7 Å². The number of non-ortho nitro benzene ring substituents is 1. The first-order valence-electron chi connectivity index (χ1n) is 12.8. The molecule has 2 amide bonds. The zero-order chi connectivity index (χ0) is 29.9. The lowest BCUT2D eigenvalue weighted by molar-refractivity contribution is -0.384. The van der Waals surface area contributed by atoms with Gasteiger partial charge >= 0.3 is 5.97 Å². The van der Waals surface area contributed by atoms with Crippen LogP contribution in [0.5, 0.6) is 0 Å². The summed E-state index contributed by atoms with van der Waals surface area (Å²) < 4.78 is 1.75. The molecule has 4 N–H and O–H groups in total. The molecule has 212 valence electrons. The third-order valence-corrected chi connectivity index (χ3v) is 6.03. The number of amides is 2. The van der Waals surface area contributed by atoms with Gasteiger partial charge < -0.3 is 21.1 Å². The number of nitrogens with zero attached hydrogens (tertiary/aromatic N) is 3. The highest BCUT2D eigenvalue weighted by Crippen LogP contribution is 2.33. The molecule has 12 nitrogen and oxygen atoms in total. The fourth-order valence-corrected chi connectivity index (χ4v) is 4.35. The molecule has 4 rings (SSSR count). The summed E-state index contributed by atoms with van der Waals surface area (Å²) in [4.78, 5) is 52.1. The van der Waals surface area contributed by atoms with Crippen molar-refractivity contribution in [2.75, 3.05) is 10.6 Å². The smallest absolute Gasteiger partial charge is 0.305 e. The van der Waals surface area contributed by atoms with E-state index in [1.807, 2.05) is 32.9 Å². The Kier molecular flexibility index (Phi) is 8.03. The van der Waals surface area contributed by atoms with Gasteiger partial charge in [0.15, 0.2) is 5.65 Å². The number of carboxylic acid groups (broad SMARTS) is 1. The zero-order valence-electron chi connectivity index (χ0n) is 23.0. The summed E-state index contributed by atoms with van der Waals surface area (Å²) in [6, 6.07) is 14.9. The fraction of sp³-hybridized carbons (Fsp3) is 0.241. The van der Waals surface area contributed by atoms with Crippen LogP contribution in [-0.4, -0.2) is 42.7 Å². The number of carbonyl (C=O) groups excluding carboxylic acids is 2. The number of rotatable bonds is 9. The van der Waals surface area contributed by atoms with Crippen LogP contribution in [0.2, 0.25) is 0 Å². The van der Waals surface area contributed by atoms with Gasteiger partial charge in [-0.3, -0.25) is 28.9 Å². The van der Waals surface area contributed by atoms with Gasteiger partial charge in [-0.25, -0.2) is 4.98 Å². The molecule has 1 atom stereocenters. The topological polar surface area (TPSA) is 168 Å². The molecule has 0 aliphatic carbocycles. The molecule has 2 aromatic carbocycles. The van der Waals surface area contributed by atoms with E-state index in [1.54, 1.807) is 34.9 Å². The summed E-state index contributed by atoms with van der Waals surface area (Å²) in [6.45, 7) is 7.39.